The molecule has 0 saturated heterocycles. The van der Waals surface area contributed by atoms with E-state index in [2.05, 4.69) is 15.4 Å². The first kappa shape index (κ1) is 14.6. The quantitative estimate of drug-likeness (QED) is 0.754. The fraction of sp³-hybridized carbons (Fsp3) is 0. The fourth-order valence-electron chi connectivity index (χ4n) is 2.00. The molecule has 0 aliphatic carbocycles. The summed E-state index contributed by atoms with van der Waals surface area (Å²) in [7, 11) is 0. The molecule has 1 aromatic heterocycles. The minimum atomic E-state index is -0.367. The van der Waals surface area contributed by atoms with Crippen molar-refractivity contribution in [2.45, 2.75) is 0 Å². The van der Waals surface area contributed by atoms with E-state index in [0.717, 1.165) is 5.69 Å². The van der Waals surface area contributed by atoms with Crippen molar-refractivity contribution < 1.29 is 9.18 Å². The van der Waals surface area contributed by atoms with Crippen LogP contribution < -0.4 is 5.32 Å². The van der Waals surface area contributed by atoms with Gasteiger partial charge in [0.25, 0.3) is 0 Å². The second kappa shape index (κ2) is 6.65. The Morgan fingerprint density at radius 2 is 1.91 bits per heavy atom. The summed E-state index contributed by atoms with van der Waals surface area (Å²) in [6.07, 6.45) is 5.77. The molecule has 0 fully saturated rings. The van der Waals surface area contributed by atoms with Crippen LogP contribution >= 0.6 is 0 Å². The summed E-state index contributed by atoms with van der Waals surface area (Å²) < 4.78 is 15.1. The van der Waals surface area contributed by atoms with E-state index in [0.29, 0.717) is 11.3 Å². The van der Waals surface area contributed by atoms with Crippen molar-refractivity contribution in [3.63, 3.8) is 0 Å². The van der Waals surface area contributed by atoms with Gasteiger partial charge in [-0.05, 0) is 36.4 Å². The maximum Gasteiger partial charge on any atom is 0.248 e. The van der Waals surface area contributed by atoms with Crippen LogP contribution in [-0.4, -0.2) is 20.7 Å². The van der Waals surface area contributed by atoms with Gasteiger partial charge in [-0.15, -0.1) is 0 Å². The van der Waals surface area contributed by atoms with Crippen LogP contribution in [-0.2, 0) is 4.79 Å². The highest BCUT2D eigenvalue weighted by Crippen LogP contribution is 2.13. The van der Waals surface area contributed by atoms with Gasteiger partial charge in [-0.1, -0.05) is 18.2 Å². The van der Waals surface area contributed by atoms with Gasteiger partial charge in [-0.25, -0.2) is 14.1 Å². The zero-order valence-corrected chi connectivity index (χ0v) is 12.1. The number of nitrogens with one attached hydrogen (secondary N) is 1. The Balaban J connectivity index is 1.65. The number of hydrogen-bond donors (Lipinski definition) is 1. The molecule has 1 heterocycles. The van der Waals surface area contributed by atoms with E-state index < -0.39 is 0 Å². The highest BCUT2D eigenvalue weighted by molar-refractivity contribution is 6.01. The average Bonchev–Trinajstić information content (AvgIpc) is 3.09. The molecule has 0 aliphatic heterocycles. The molecule has 5 nitrogen and oxygen atoms in total. The molecule has 0 bridgehead atoms. The lowest BCUT2D eigenvalue weighted by Crippen LogP contribution is -2.07. The van der Waals surface area contributed by atoms with E-state index >= 15 is 0 Å². The zero-order valence-electron chi connectivity index (χ0n) is 12.1. The number of carbonyl (C=O) groups is 1. The van der Waals surface area contributed by atoms with Gasteiger partial charge in [0, 0.05) is 17.3 Å². The summed E-state index contributed by atoms with van der Waals surface area (Å²) in [6.45, 7) is 0. The van der Waals surface area contributed by atoms with Crippen LogP contribution in [0.2, 0.25) is 0 Å². The van der Waals surface area contributed by atoms with Gasteiger partial charge >= 0.3 is 0 Å². The molecule has 114 valence electrons. The van der Waals surface area contributed by atoms with Crippen molar-refractivity contribution in [3.05, 3.63) is 78.6 Å². The SMILES string of the molecule is O=C(C=Cc1ccccc1F)Nc1ccc(-n2cncn2)cc1. The van der Waals surface area contributed by atoms with Gasteiger partial charge in [-0.2, -0.15) is 5.10 Å². The lowest BCUT2D eigenvalue weighted by atomic mass is 10.2. The molecule has 3 aromatic rings. The predicted molar refractivity (Wildman–Crippen MR) is 85.4 cm³/mol. The van der Waals surface area contributed by atoms with Crippen molar-refractivity contribution in [2.24, 2.45) is 0 Å². The number of nitrogens with zero attached hydrogens (tertiary/aromatic N) is 3. The molecule has 0 atom stereocenters. The summed E-state index contributed by atoms with van der Waals surface area (Å²) in [5.74, 6) is -0.699. The molecule has 0 aliphatic rings. The largest absolute Gasteiger partial charge is 0.323 e. The lowest BCUT2D eigenvalue weighted by molar-refractivity contribution is -0.111. The summed E-state index contributed by atoms with van der Waals surface area (Å²) >= 11 is 0. The van der Waals surface area contributed by atoms with Crippen LogP contribution in [0.4, 0.5) is 10.1 Å². The number of amides is 1. The molecule has 0 spiro atoms. The lowest BCUT2D eigenvalue weighted by Gasteiger charge is -2.04. The van der Waals surface area contributed by atoms with Crippen molar-refractivity contribution in [1.82, 2.24) is 14.8 Å². The molecule has 0 saturated carbocycles. The number of hydrogen-bond acceptors (Lipinski definition) is 3. The first-order valence-electron chi connectivity index (χ1n) is 6.91. The molecule has 23 heavy (non-hydrogen) atoms. The third-order valence-electron chi connectivity index (χ3n) is 3.14. The standard InChI is InChI=1S/C17H13FN4O/c18-16-4-2-1-3-13(16)5-10-17(23)21-14-6-8-15(9-7-14)22-12-19-11-20-22/h1-12H,(H,21,23). The summed E-state index contributed by atoms with van der Waals surface area (Å²) in [4.78, 5) is 15.7. The van der Waals surface area contributed by atoms with Crippen LogP contribution in [0.15, 0.2) is 67.3 Å². The summed E-state index contributed by atoms with van der Waals surface area (Å²) in [5, 5.41) is 6.73. The highest BCUT2D eigenvalue weighted by atomic mass is 19.1. The Morgan fingerprint density at radius 1 is 1.13 bits per heavy atom. The highest BCUT2D eigenvalue weighted by Gasteiger charge is 2.01. The molecule has 3 rings (SSSR count). The summed E-state index contributed by atoms with van der Waals surface area (Å²) in [5.41, 5.74) is 1.84. The third-order valence-corrected chi connectivity index (χ3v) is 3.14. The van der Waals surface area contributed by atoms with Gasteiger partial charge in [0.2, 0.25) is 5.91 Å². The van der Waals surface area contributed by atoms with E-state index in [4.69, 9.17) is 0 Å². The van der Waals surface area contributed by atoms with Crippen molar-refractivity contribution in [1.29, 1.82) is 0 Å². The van der Waals surface area contributed by atoms with Crippen LogP contribution in [0.5, 0.6) is 0 Å². The van der Waals surface area contributed by atoms with Crippen LogP contribution in [0, 0.1) is 5.82 Å². The molecule has 0 unspecified atom stereocenters. The van der Waals surface area contributed by atoms with Gasteiger partial charge in [-0.3, -0.25) is 4.79 Å². The molecular weight excluding hydrogens is 295 g/mol. The van der Waals surface area contributed by atoms with Crippen LogP contribution in [0.25, 0.3) is 11.8 Å². The first-order valence-corrected chi connectivity index (χ1v) is 6.91. The molecule has 1 N–H and O–H groups in total. The molecule has 2 aromatic carbocycles. The van der Waals surface area contributed by atoms with Gasteiger partial charge in [0.15, 0.2) is 0 Å². The Hall–Kier alpha value is -3.28. The number of aromatic nitrogens is 3. The Bertz CT molecular complexity index is 826. The minimum Gasteiger partial charge on any atom is -0.323 e. The van der Waals surface area contributed by atoms with E-state index in [1.165, 1.54) is 24.5 Å². The van der Waals surface area contributed by atoms with E-state index in [1.807, 2.05) is 12.1 Å². The van der Waals surface area contributed by atoms with E-state index in [1.54, 1.807) is 41.3 Å². The molecule has 6 heteroatoms. The Morgan fingerprint density at radius 3 is 2.61 bits per heavy atom. The second-order valence-electron chi connectivity index (χ2n) is 4.73. The Labute approximate surface area is 132 Å². The van der Waals surface area contributed by atoms with Gasteiger partial charge in [0.05, 0.1) is 5.69 Å². The monoisotopic (exact) mass is 308 g/mol. The second-order valence-corrected chi connectivity index (χ2v) is 4.73. The van der Waals surface area contributed by atoms with Crippen molar-refractivity contribution >= 4 is 17.7 Å². The maximum atomic E-state index is 13.4. The normalized spacial score (nSPS) is 10.8. The van der Waals surface area contributed by atoms with Crippen molar-refractivity contribution in [3.8, 4) is 5.69 Å². The van der Waals surface area contributed by atoms with E-state index in [-0.39, 0.29) is 11.7 Å². The third kappa shape index (κ3) is 3.68. The number of benzene rings is 2. The number of anilines is 1. The minimum absolute atomic E-state index is 0.332. The van der Waals surface area contributed by atoms with Gasteiger partial charge < -0.3 is 5.32 Å². The predicted octanol–water partition coefficient (Wildman–Crippen LogP) is 3.06. The van der Waals surface area contributed by atoms with Crippen molar-refractivity contribution in [2.75, 3.05) is 5.32 Å². The zero-order chi connectivity index (χ0) is 16.1. The fourth-order valence-corrected chi connectivity index (χ4v) is 2.00. The van der Waals surface area contributed by atoms with Crippen LogP contribution in [0.1, 0.15) is 5.56 Å². The smallest absolute Gasteiger partial charge is 0.248 e. The average molecular weight is 308 g/mol. The topological polar surface area (TPSA) is 59.8 Å². The molecular formula is C17H13FN4O. The number of carbonyl (C=O) groups excluding carboxylic acids is 1. The number of rotatable bonds is 4. The number of halogens is 1. The first-order chi connectivity index (χ1) is 11.2. The molecule has 1 amide bonds. The molecule has 0 radical (unpaired) electrons. The summed E-state index contributed by atoms with van der Waals surface area (Å²) in [6, 6.07) is 13.4. The van der Waals surface area contributed by atoms with Gasteiger partial charge in [0.1, 0.15) is 18.5 Å². The van der Waals surface area contributed by atoms with E-state index in [9.17, 15) is 9.18 Å². The maximum absolute atomic E-state index is 13.4. The Kier molecular flexibility index (Phi) is 4.24. The van der Waals surface area contributed by atoms with Crippen LogP contribution in [0.3, 0.4) is 0 Å².